The second kappa shape index (κ2) is 15.1. The van der Waals surface area contributed by atoms with Crippen molar-refractivity contribution in [1.82, 2.24) is 5.32 Å². The Bertz CT molecular complexity index is 1250. The molecule has 8 heteroatoms. The number of hydrogen-bond acceptors (Lipinski definition) is 6. The molecule has 3 aromatic rings. The van der Waals surface area contributed by atoms with Gasteiger partial charge >= 0.3 is 0 Å². The van der Waals surface area contributed by atoms with Gasteiger partial charge < -0.3 is 24.4 Å². The first-order valence-corrected chi connectivity index (χ1v) is 13.0. The number of hydrogen-bond donors (Lipinski definition) is 1. The van der Waals surface area contributed by atoms with E-state index in [-0.39, 0.29) is 24.2 Å². The second-order valence-electron chi connectivity index (χ2n) is 9.51. The normalized spacial score (nSPS) is 16.1. The molecule has 1 amide bonds. The van der Waals surface area contributed by atoms with Gasteiger partial charge in [-0.1, -0.05) is 36.4 Å². The van der Waals surface area contributed by atoms with E-state index in [0.717, 1.165) is 25.9 Å². The monoisotopic (exact) mass is 549 g/mol. The van der Waals surface area contributed by atoms with Gasteiger partial charge in [0.25, 0.3) is 5.91 Å². The van der Waals surface area contributed by atoms with Gasteiger partial charge in [0, 0.05) is 37.9 Å². The van der Waals surface area contributed by atoms with E-state index in [0.29, 0.717) is 54.0 Å². The molecule has 1 heterocycles. The molecule has 0 aromatic heterocycles. The maximum atomic E-state index is 14.0. The van der Waals surface area contributed by atoms with Crippen LogP contribution in [0.5, 0.6) is 11.5 Å². The van der Waals surface area contributed by atoms with Crippen molar-refractivity contribution in [2.24, 2.45) is 11.8 Å². The van der Waals surface area contributed by atoms with E-state index in [2.05, 4.69) is 35.7 Å². The Hall–Kier alpha value is -3.57. The number of methoxy groups -OCH3 is 2. The summed E-state index contributed by atoms with van der Waals surface area (Å²) >= 11 is 0. The van der Waals surface area contributed by atoms with Crippen LogP contribution < -0.4 is 19.7 Å². The number of carbonyl (C=O) groups excluding carboxylic acids is 1. The average molecular weight is 550 g/mol. The highest BCUT2D eigenvalue weighted by Gasteiger charge is 2.31. The molecule has 1 saturated heterocycles. The van der Waals surface area contributed by atoms with Crippen LogP contribution >= 0.6 is 12.4 Å². The van der Waals surface area contributed by atoms with Gasteiger partial charge in [0.05, 0.1) is 25.3 Å². The molecule has 3 aromatic carbocycles. The minimum absolute atomic E-state index is 0. The summed E-state index contributed by atoms with van der Waals surface area (Å²) in [5, 5.41) is 13.0. The smallest absolute Gasteiger partial charge is 0.258 e. The Morgan fingerprint density at radius 1 is 0.974 bits per heavy atom. The van der Waals surface area contributed by atoms with Crippen molar-refractivity contribution in [3.8, 4) is 17.6 Å². The van der Waals surface area contributed by atoms with Gasteiger partial charge in [-0.25, -0.2) is 0 Å². The molecule has 1 aliphatic rings. The first kappa shape index (κ1) is 30.0. The van der Waals surface area contributed by atoms with Crippen molar-refractivity contribution in [1.29, 1.82) is 5.26 Å². The first-order valence-electron chi connectivity index (χ1n) is 13.0. The maximum Gasteiger partial charge on any atom is 0.258 e. The fourth-order valence-electron chi connectivity index (χ4n) is 4.90. The zero-order valence-corrected chi connectivity index (χ0v) is 23.3. The summed E-state index contributed by atoms with van der Waals surface area (Å²) in [6, 6.07) is 25.2. The minimum Gasteiger partial charge on any atom is -0.493 e. The van der Waals surface area contributed by atoms with E-state index < -0.39 is 0 Å². The summed E-state index contributed by atoms with van der Waals surface area (Å²) in [5.74, 6) is 1.59. The number of nitrogens with one attached hydrogen (secondary N) is 1. The molecule has 1 fully saturated rings. The van der Waals surface area contributed by atoms with Crippen molar-refractivity contribution in [3.63, 3.8) is 0 Å². The second-order valence-corrected chi connectivity index (χ2v) is 9.51. The number of anilines is 1. The summed E-state index contributed by atoms with van der Waals surface area (Å²) in [4.78, 5) is 15.8. The molecule has 0 aliphatic carbocycles. The Balaban J connectivity index is 0.00000420. The van der Waals surface area contributed by atoms with E-state index >= 15 is 0 Å². The van der Waals surface area contributed by atoms with Crippen LogP contribution in [-0.4, -0.2) is 53.0 Å². The summed E-state index contributed by atoms with van der Waals surface area (Å²) in [7, 11) is 3.23. The number of ether oxygens (including phenoxy) is 3. The third kappa shape index (κ3) is 7.96. The standard InChI is InChI=1S/C31H35N3O4.ClH/c1-36-14-7-15-38-30-18-25(12-13-29(30)37-2)31(35)34(28-11-6-10-24(17-28)19-32)22-27-21-33-20-26(27)16-23-8-4-3-5-9-23;/h3-6,8-13,17-18,26-27,33H,7,14-16,20-22H2,1-2H3;1H/t26-,27+;/m0./s1. The molecule has 4 rings (SSSR count). The van der Waals surface area contributed by atoms with E-state index in [1.165, 1.54) is 5.56 Å². The summed E-state index contributed by atoms with van der Waals surface area (Å²) in [5.41, 5.74) is 3.02. The van der Waals surface area contributed by atoms with Gasteiger partial charge in [0.2, 0.25) is 0 Å². The molecule has 1 N–H and O–H groups in total. The number of benzene rings is 3. The Labute approximate surface area is 237 Å². The van der Waals surface area contributed by atoms with Crippen LogP contribution in [0.4, 0.5) is 5.69 Å². The summed E-state index contributed by atoms with van der Waals surface area (Å²) in [6.07, 6.45) is 1.67. The number of rotatable bonds is 12. The Morgan fingerprint density at radius 3 is 2.51 bits per heavy atom. The van der Waals surface area contributed by atoms with Crippen LogP contribution in [0.25, 0.3) is 0 Å². The van der Waals surface area contributed by atoms with E-state index in [9.17, 15) is 10.1 Å². The molecule has 0 spiro atoms. The molecule has 0 unspecified atom stereocenters. The molecule has 1 aliphatic heterocycles. The highest BCUT2D eigenvalue weighted by atomic mass is 35.5. The zero-order valence-electron chi connectivity index (χ0n) is 22.5. The fraction of sp³-hybridized carbons (Fsp3) is 0.355. The van der Waals surface area contributed by atoms with Crippen LogP contribution in [0.1, 0.15) is 27.9 Å². The lowest BCUT2D eigenvalue weighted by atomic mass is 9.89. The van der Waals surface area contributed by atoms with Gasteiger partial charge in [-0.3, -0.25) is 4.79 Å². The van der Waals surface area contributed by atoms with Crippen LogP contribution in [-0.2, 0) is 11.2 Å². The van der Waals surface area contributed by atoms with Crippen molar-refractivity contribution >= 4 is 24.0 Å². The van der Waals surface area contributed by atoms with Crippen molar-refractivity contribution in [3.05, 3.63) is 89.5 Å². The van der Waals surface area contributed by atoms with Crippen LogP contribution in [0.15, 0.2) is 72.8 Å². The van der Waals surface area contributed by atoms with Gasteiger partial charge in [-0.15, -0.1) is 12.4 Å². The van der Waals surface area contributed by atoms with Gasteiger partial charge in [0.1, 0.15) is 0 Å². The predicted octanol–water partition coefficient (Wildman–Crippen LogP) is 5.13. The SMILES string of the molecule is COCCCOc1cc(C(=O)N(C[C@H]2CNC[C@@H]2Cc2ccccc2)c2cccc(C#N)c2)ccc1OC.Cl. The predicted molar refractivity (Wildman–Crippen MR) is 155 cm³/mol. The third-order valence-corrected chi connectivity index (χ3v) is 6.93. The lowest BCUT2D eigenvalue weighted by Crippen LogP contribution is -2.38. The molecule has 206 valence electrons. The fourth-order valence-corrected chi connectivity index (χ4v) is 4.90. The van der Waals surface area contributed by atoms with Gasteiger partial charge in [-0.2, -0.15) is 5.26 Å². The number of amides is 1. The highest BCUT2D eigenvalue weighted by molar-refractivity contribution is 6.06. The van der Waals surface area contributed by atoms with Crippen molar-refractivity contribution in [2.75, 3.05) is 52.0 Å². The summed E-state index contributed by atoms with van der Waals surface area (Å²) in [6.45, 7) is 3.31. The van der Waals surface area contributed by atoms with Gasteiger partial charge in [-0.05, 0) is 73.3 Å². The number of halogens is 1. The topological polar surface area (TPSA) is 83.8 Å². The van der Waals surface area contributed by atoms with Gasteiger partial charge in [0.15, 0.2) is 11.5 Å². The molecule has 7 nitrogen and oxygen atoms in total. The van der Waals surface area contributed by atoms with Crippen molar-refractivity contribution in [2.45, 2.75) is 12.8 Å². The molecule has 0 bridgehead atoms. The third-order valence-electron chi connectivity index (χ3n) is 6.93. The Morgan fingerprint density at radius 2 is 1.77 bits per heavy atom. The maximum absolute atomic E-state index is 14.0. The van der Waals surface area contributed by atoms with Crippen molar-refractivity contribution < 1.29 is 19.0 Å². The van der Waals surface area contributed by atoms with E-state index in [4.69, 9.17) is 14.2 Å². The molecular formula is C31H36ClN3O4. The minimum atomic E-state index is -0.144. The number of nitrogens with zero attached hydrogens (tertiary/aromatic N) is 2. The first-order chi connectivity index (χ1) is 18.6. The number of carbonyl (C=O) groups is 1. The molecule has 0 radical (unpaired) electrons. The molecule has 2 atom stereocenters. The Kier molecular flexibility index (Phi) is 11.6. The zero-order chi connectivity index (χ0) is 26.7. The molecule has 0 saturated carbocycles. The molecular weight excluding hydrogens is 514 g/mol. The lowest BCUT2D eigenvalue weighted by molar-refractivity contribution is 0.0980. The van der Waals surface area contributed by atoms with E-state index in [1.807, 2.05) is 18.2 Å². The largest absolute Gasteiger partial charge is 0.493 e. The van der Waals surface area contributed by atoms with Crippen LogP contribution in [0, 0.1) is 23.2 Å². The molecule has 39 heavy (non-hydrogen) atoms. The highest BCUT2D eigenvalue weighted by Crippen LogP contribution is 2.31. The quantitative estimate of drug-likeness (QED) is 0.315. The lowest BCUT2D eigenvalue weighted by Gasteiger charge is -2.29. The summed E-state index contributed by atoms with van der Waals surface area (Å²) < 4.78 is 16.5. The number of nitriles is 1. The average Bonchev–Trinajstić information content (AvgIpc) is 3.40. The van der Waals surface area contributed by atoms with E-state index in [1.54, 1.807) is 49.5 Å². The van der Waals surface area contributed by atoms with Crippen LogP contribution in [0.3, 0.4) is 0 Å². The van der Waals surface area contributed by atoms with Crippen LogP contribution in [0.2, 0.25) is 0 Å².